The largest absolute Gasteiger partial charge is 0.0776 e. The summed E-state index contributed by atoms with van der Waals surface area (Å²) in [5.41, 5.74) is 0. The third kappa shape index (κ3) is 11.5. The van der Waals surface area contributed by atoms with Crippen molar-refractivity contribution < 1.29 is 33.3 Å². The van der Waals surface area contributed by atoms with Crippen LogP contribution in [0.3, 0.4) is 0 Å². The van der Waals surface area contributed by atoms with Crippen LogP contribution in [0.2, 0.25) is 0 Å². The van der Waals surface area contributed by atoms with Gasteiger partial charge in [0.1, 0.15) is 0 Å². The van der Waals surface area contributed by atoms with E-state index in [0.717, 1.165) is 0 Å². The summed E-state index contributed by atoms with van der Waals surface area (Å²) < 4.78 is 0. The summed E-state index contributed by atoms with van der Waals surface area (Å²) in [4.78, 5) is 0. The fourth-order valence-corrected chi connectivity index (χ4v) is 0. The van der Waals surface area contributed by atoms with Gasteiger partial charge in [0.2, 0.25) is 0 Å². The Bertz CT molecular complexity index is 8.00. The molecule has 0 saturated heterocycles. The number of hydrogen-bond donors (Lipinski definition) is 0. The molecule has 0 fully saturated rings. The van der Waals surface area contributed by atoms with E-state index in [0.29, 0.717) is 0 Å². The molecule has 0 saturated carbocycles. The smallest absolute Gasteiger partial charge is 0 e. The summed E-state index contributed by atoms with van der Waals surface area (Å²) in [6.07, 6.45) is 0. The average Bonchev–Trinajstić information content (AvgIpc) is 0. The van der Waals surface area contributed by atoms with Gasteiger partial charge in [-0.25, -0.2) is 0 Å². The van der Waals surface area contributed by atoms with E-state index in [1.165, 1.54) is 0 Å². The Labute approximate surface area is 49.4 Å². The molecule has 0 aromatic rings. The maximum absolute atomic E-state index is 0. The van der Waals surface area contributed by atoms with Crippen LogP contribution in [0.1, 0.15) is 7.43 Å². The first-order valence-electron chi connectivity index (χ1n) is 0. The molecule has 0 unspecified atom stereocenters. The average molecular weight is 144 g/mol. The van der Waals surface area contributed by atoms with Crippen molar-refractivity contribution in [3.8, 4) is 0 Å². The molecule has 0 N–H and O–H groups in total. The zero-order chi connectivity index (χ0) is 0. The molecule has 0 heterocycles. The van der Waals surface area contributed by atoms with Crippen LogP contribution >= 0.6 is 0 Å². The maximum Gasteiger partial charge on any atom is 0 e. The standard InChI is InChI=1S/CH4.B.Co.Ni/h1H4;;;. The van der Waals surface area contributed by atoms with Gasteiger partial charge in [-0.05, 0) is 0 Å². The van der Waals surface area contributed by atoms with Crippen molar-refractivity contribution in [3.05, 3.63) is 0 Å². The summed E-state index contributed by atoms with van der Waals surface area (Å²) in [7, 11) is 0. The monoisotopic (exact) mass is 144 g/mol. The van der Waals surface area contributed by atoms with Gasteiger partial charge in [0.05, 0.1) is 0 Å². The molecule has 0 aliphatic carbocycles. The van der Waals surface area contributed by atoms with Crippen molar-refractivity contribution in [1.29, 1.82) is 0 Å². The molecule has 0 amide bonds. The molecule has 0 nitrogen and oxygen atoms in total. The number of hydrogen-bond acceptors (Lipinski definition) is 0. The van der Waals surface area contributed by atoms with E-state index in [2.05, 4.69) is 0 Å². The normalized spacial score (nSPS) is 0. The van der Waals surface area contributed by atoms with Gasteiger partial charge in [0, 0.05) is 41.7 Å². The van der Waals surface area contributed by atoms with Gasteiger partial charge in [-0.15, -0.1) is 0 Å². The van der Waals surface area contributed by atoms with Crippen molar-refractivity contribution in [2.45, 2.75) is 7.43 Å². The molecule has 4 heavy (non-hydrogen) atoms. The van der Waals surface area contributed by atoms with Gasteiger partial charge in [-0.2, -0.15) is 0 Å². The van der Waals surface area contributed by atoms with Gasteiger partial charge in [0.25, 0.3) is 0 Å². The summed E-state index contributed by atoms with van der Waals surface area (Å²) in [6, 6.07) is 0. The van der Waals surface area contributed by atoms with E-state index in [4.69, 9.17) is 0 Å². The molecular formula is CH4BCoNi. The molecule has 0 rings (SSSR count). The Morgan fingerprint density at radius 2 is 1.00 bits per heavy atom. The summed E-state index contributed by atoms with van der Waals surface area (Å²) in [5, 5.41) is 0. The zero-order valence-electron chi connectivity index (χ0n) is 1.23. The minimum absolute atomic E-state index is 0. The minimum Gasteiger partial charge on any atom is -0.0776 e. The van der Waals surface area contributed by atoms with Gasteiger partial charge >= 0.3 is 0 Å². The molecule has 0 spiro atoms. The second kappa shape index (κ2) is 33.7. The van der Waals surface area contributed by atoms with E-state index in [-0.39, 0.29) is 49.1 Å². The van der Waals surface area contributed by atoms with Crippen LogP contribution in [-0.4, -0.2) is 8.41 Å². The molecule has 0 bridgehead atoms. The molecular weight excluding hydrogens is 140 g/mol. The van der Waals surface area contributed by atoms with Gasteiger partial charge in [0.15, 0.2) is 0 Å². The molecule has 0 aromatic heterocycles. The van der Waals surface area contributed by atoms with Crippen LogP contribution in [0.4, 0.5) is 0 Å². The first-order chi connectivity index (χ1) is 0. The van der Waals surface area contributed by atoms with Crippen molar-refractivity contribution in [2.24, 2.45) is 0 Å². The van der Waals surface area contributed by atoms with Crippen molar-refractivity contribution in [1.82, 2.24) is 0 Å². The van der Waals surface area contributed by atoms with Crippen LogP contribution in [-0.2, 0) is 33.3 Å². The predicted octanol–water partition coefficient (Wildman–Crippen LogP) is 0.250. The molecule has 0 aliphatic heterocycles. The molecule has 3 heteroatoms. The first-order valence-corrected chi connectivity index (χ1v) is 0. The van der Waals surface area contributed by atoms with Crippen LogP contribution < -0.4 is 0 Å². The van der Waals surface area contributed by atoms with Crippen molar-refractivity contribution >= 4 is 8.41 Å². The molecule has 30 valence electrons. The molecule has 0 aromatic carbocycles. The molecule has 0 atom stereocenters. The Hall–Kier alpha value is 1.06. The van der Waals surface area contributed by atoms with Crippen LogP contribution in [0, 0.1) is 0 Å². The van der Waals surface area contributed by atoms with E-state index in [1.54, 1.807) is 0 Å². The van der Waals surface area contributed by atoms with Crippen LogP contribution in [0.5, 0.6) is 0 Å². The Kier molecular flexibility index (Phi) is 621. The summed E-state index contributed by atoms with van der Waals surface area (Å²) >= 11 is 0. The third-order valence-corrected chi connectivity index (χ3v) is 0. The zero-order valence-corrected chi connectivity index (χ0v) is 3.26. The van der Waals surface area contributed by atoms with E-state index in [9.17, 15) is 0 Å². The van der Waals surface area contributed by atoms with Crippen LogP contribution in [0.25, 0.3) is 0 Å². The Morgan fingerprint density at radius 1 is 1.00 bits per heavy atom. The maximum atomic E-state index is 0. The second-order valence-corrected chi connectivity index (χ2v) is 0. The fourth-order valence-electron chi connectivity index (χ4n) is 0. The SMILES string of the molecule is C.[B].[Co].[Ni]. The van der Waals surface area contributed by atoms with Gasteiger partial charge in [-0.3, -0.25) is 0 Å². The van der Waals surface area contributed by atoms with E-state index < -0.39 is 0 Å². The van der Waals surface area contributed by atoms with Crippen molar-refractivity contribution in [2.75, 3.05) is 0 Å². The quantitative estimate of drug-likeness (QED) is 0.428. The minimum atomic E-state index is 0. The molecule has 0 aliphatic rings. The molecule has 4 radical (unpaired) electrons. The first kappa shape index (κ1) is 73.8. The Morgan fingerprint density at radius 3 is 1.00 bits per heavy atom. The summed E-state index contributed by atoms with van der Waals surface area (Å²) in [5.74, 6) is 0. The Balaban J connectivity index is 0. The number of rotatable bonds is 0. The van der Waals surface area contributed by atoms with E-state index >= 15 is 0 Å². The summed E-state index contributed by atoms with van der Waals surface area (Å²) in [6.45, 7) is 0. The van der Waals surface area contributed by atoms with Gasteiger partial charge in [-0.1, -0.05) is 7.43 Å². The fraction of sp³-hybridized carbons (Fsp3) is 1.00. The van der Waals surface area contributed by atoms with Crippen LogP contribution in [0.15, 0.2) is 0 Å². The van der Waals surface area contributed by atoms with Gasteiger partial charge < -0.3 is 0 Å². The van der Waals surface area contributed by atoms with Crippen molar-refractivity contribution in [3.63, 3.8) is 0 Å². The predicted molar refractivity (Wildman–Crippen MR) is 12.5 cm³/mol. The topological polar surface area (TPSA) is 0 Å². The second-order valence-electron chi connectivity index (χ2n) is 0. The third-order valence-electron chi connectivity index (χ3n) is 0. The van der Waals surface area contributed by atoms with E-state index in [1.807, 2.05) is 0 Å².